The Bertz CT molecular complexity index is 726. The van der Waals surface area contributed by atoms with Crippen LogP contribution in [0.5, 0.6) is 5.88 Å². The van der Waals surface area contributed by atoms with E-state index in [2.05, 4.69) is 27.4 Å². The first-order valence-corrected chi connectivity index (χ1v) is 7.56. The Morgan fingerprint density at radius 2 is 2.00 bits per heavy atom. The average molecular weight is 310 g/mol. The molecule has 0 saturated heterocycles. The summed E-state index contributed by atoms with van der Waals surface area (Å²) in [6, 6.07) is 13.5. The quantitative estimate of drug-likeness (QED) is 0.719. The number of benzene rings is 1. The van der Waals surface area contributed by atoms with E-state index in [1.807, 2.05) is 42.5 Å². The van der Waals surface area contributed by atoms with Gasteiger partial charge in [0.15, 0.2) is 0 Å². The number of ether oxygens (including phenoxy) is 1. The Hall–Kier alpha value is -2.89. The Balaban J connectivity index is 1.57. The fourth-order valence-corrected chi connectivity index (χ4v) is 1.98. The van der Waals surface area contributed by atoms with Crippen LogP contribution in [-0.2, 0) is 6.54 Å². The van der Waals surface area contributed by atoms with Gasteiger partial charge in [0.2, 0.25) is 5.88 Å². The molecule has 23 heavy (non-hydrogen) atoms. The number of rotatable bonds is 7. The molecule has 0 fully saturated rings. The zero-order valence-electron chi connectivity index (χ0n) is 12.9. The summed E-state index contributed by atoms with van der Waals surface area (Å²) in [6.07, 6.45) is 2.74. The summed E-state index contributed by atoms with van der Waals surface area (Å²) in [4.78, 5) is 8.57. The molecule has 0 spiro atoms. The molecule has 0 aliphatic rings. The van der Waals surface area contributed by atoms with Gasteiger partial charge in [-0.3, -0.25) is 0 Å². The largest absolute Gasteiger partial charge is 0.478 e. The number of hydrogen-bond donors (Lipinski definition) is 1. The second-order valence-corrected chi connectivity index (χ2v) is 5.00. The molecule has 1 N–H and O–H groups in total. The summed E-state index contributed by atoms with van der Waals surface area (Å²) in [5.41, 5.74) is 1.91. The van der Waals surface area contributed by atoms with E-state index in [1.165, 1.54) is 0 Å². The van der Waals surface area contributed by atoms with Gasteiger partial charge < -0.3 is 14.6 Å². The zero-order valence-corrected chi connectivity index (χ0v) is 12.9. The summed E-state index contributed by atoms with van der Waals surface area (Å²) in [5.74, 6) is 1.59. The highest BCUT2D eigenvalue weighted by molar-refractivity contribution is 5.53. The lowest BCUT2D eigenvalue weighted by Gasteiger charge is -2.05. The Morgan fingerprint density at radius 1 is 1.13 bits per heavy atom. The molecule has 2 aromatic heterocycles. The van der Waals surface area contributed by atoms with Gasteiger partial charge in [-0.15, -0.1) is 0 Å². The van der Waals surface area contributed by atoms with Crippen LogP contribution in [0.25, 0.3) is 11.5 Å². The Kier molecular flexibility index (Phi) is 4.83. The molecular formula is C17H18N4O2. The van der Waals surface area contributed by atoms with Crippen molar-refractivity contribution in [3.05, 3.63) is 54.2 Å². The number of anilines is 1. The lowest BCUT2D eigenvalue weighted by Crippen LogP contribution is -2.02. The maximum Gasteiger partial charge on any atom is 0.264 e. The number of pyridine rings is 1. The number of nitrogens with one attached hydrogen (secondary N) is 1. The van der Waals surface area contributed by atoms with Crippen LogP contribution in [0.15, 0.2) is 53.2 Å². The number of hydrogen-bond acceptors (Lipinski definition) is 6. The van der Waals surface area contributed by atoms with Crippen molar-refractivity contribution in [1.82, 2.24) is 15.1 Å². The van der Waals surface area contributed by atoms with Crippen LogP contribution in [0.1, 0.15) is 18.9 Å². The van der Waals surface area contributed by atoms with Gasteiger partial charge in [-0.2, -0.15) is 4.98 Å². The van der Waals surface area contributed by atoms with Crippen molar-refractivity contribution in [1.29, 1.82) is 0 Å². The molecular weight excluding hydrogens is 292 g/mol. The van der Waals surface area contributed by atoms with Crippen molar-refractivity contribution < 1.29 is 9.26 Å². The van der Waals surface area contributed by atoms with Gasteiger partial charge in [0, 0.05) is 24.4 Å². The van der Waals surface area contributed by atoms with Crippen molar-refractivity contribution >= 4 is 5.95 Å². The van der Waals surface area contributed by atoms with E-state index in [-0.39, 0.29) is 0 Å². The fourth-order valence-electron chi connectivity index (χ4n) is 1.98. The van der Waals surface area contributed by atoms with Gasteiger partial charge in [-0.05, 0) is 29.3 Å². The van der Waals surface area contributed by atoms with E-state index >= 15 is 0 Å². The van der Waals surface area contributed by atoms with E-state index in [4.69, 9.17) is 9.26 Å². The summed E-state index contributed by atoms with van der Waals surface area (Å²) in [7, 11) is 0. The molecule has 2 heterocycles. The molecule has 0 bridgehead atoms. The zero-order chi connectivity index (χ0) is 15.9. The molecule has 3 aromatic rings. The van der Waals surface area contributed by atoms with Crippen molar-refractivity contribution in [2.75, 3.05) is 11.9 Å². The standard InChI is InChI=1S/C17H18N4O2/c1-2-10-22-15-9-8-13(11-18-15)12-19-17-20-16(23-21-17)14-6-4-3-5-7-14/h3-9,11H,2,10,12H2,1H3,(H,19,21). The topological polar surface area (TPSA) is 73.1 Å². The average Bonchev–Trinajstić information content (AvgIpc) is 3.09. The maximum absolute atomic E-state index is 5.45. The highest BCUT2D eigenvalue weighted by Crippen LogP contribution is 2.18. The molecule has 0 atom stereocenters. The van der Waals surface area contributed by atoms with Crippen LogP contribution >= 0.6 is 0 Å². The number of aromatic nitrogens is 3. The lowest BCUT2D eigenvalue weighted by atomic mass is 10.2. The molecule has 0 radical (unpaired) electrons. The van der Waals surface area contributed by atoms with Crippen LogP contribution < -0.4 is 10.1 Å². The number of nitrogens with zero attached hydrogens (tertiary/aromatic N) is 3. The van der Waals surface area contributed by atoms with Crippen LogP contribution in [-0.4, -0.2) is 21.7 Å². The van der Waals surface area contributed by atoms with Crippen LogP contribution in [0.3, 0.4) is 0 Å². The molecule has 0 amide bonds. The minimum Gasteiger partial charge on any atom is -0.478 e. The molecule has 6 heteroatoms. The molecule has 0 unspecified atom stereocenters. The van der Waals surface area contributed by atoms with E-state index in [0.717, 1.165) is 17.5 Å². The molecule has 0 saturated carbocycles. The Morgan fingerprint density at radius 3 is 2.74 bits per heavy atom. The first-order chi connectivity index (χ1) is 11.3. The predicted octanol–water partition coefficient (Wildman–Crippen LogP) is 3.53. The highest BCUT2D eigenvalue weighted by atomic mass is 16.5. The maximum atomic E-state index is 5.45. The van der Waals surface area contributed by atoms with Gasteiger partial charge in [-0.1, -0.05) is 31.2 Å². The van der Waals surface area contributed by atoms with E-state index < -0.39 is 0 Å². The van der Waals surface area contributed by atoms with Crippen LogP contribution in [0.4, 0.5) is 5.95 Å². The molecule has 0 aliphatic carbocycles. The molecule has 0 aliphatic heterocycles. The van der Waals surface area contributed by atoms with Gasteiger partial charge in [0.1, 0.15) is 0 Å². The summed E-state index contributed by atoms with van der Waals surface area (Å²) in [5, 5.41) is 7.04. The summed E-state index contributed by atoms with van der Waals surface area (Å²) < 4.78 is 10.7. The first-order valence-electron chi connectivity index (χ1n) is 7.56. The van der Waals surface area contributed by atoms with E-state index in [9.17, 15) is 0 Å². The van der Waals surface area contributed by atoms with Crippen molar-refractivity contribution in [2.45, 2.75) is 19.9 Å². The normalized spacial score (nSPS) is 10.5. The second kappa shape index (κ2) is 7.40. The second-order valence-electron chi connectivity index (χ2n) is 5.00. The minimum atomic E-state index is 0.454. The fraction of sp³-hybridized carbons (Fsp3) is 0.235. The smallest absolute Gasteiger partial charge is 0.264 e. The SMILES string of the molecule is CCCOc1ccc(CNc2noc(-c3ccccc3)n2)cn1. The molecule has 6 nitrogen and oxygen atoms in total. The van der Waals surface area contributed by atoms with Crippen LogP contribution in [0, 0.1) is 0 Å². The van der Waals surface area contributed by atoms with E-state index in [0.29, 0.717) is 30.9 Å². The predicted molar refractivity (Wildman–Crippen MR) is 87.1 cm³/mol. The van der Waals surface area contributed by atoms with Gasteiger partial charge in [-0.25, -0.2) is 4.98 Å². The van der Waals surface area contributed by atoms with Gasteiger partial charge >= 0.3 is 0 Å². The molecule has 3 rings (SSSR count). The van der Waals surface area contributed by atoms with Gasteiger partial charge in [0.25, 0.3) is 11.8 Å². The first kappa shape index (κ1) is 15.0. The van der Waals surface area contributed by atoms with Crippen LogP contribution in [0.2, 0.25) is 0 Å². The monoisotopic (exact) mass is 310 g/mol. The van der Waals surface area contributed by atoms with Gasteiger partial charge in [0.05, 0.1) is 6.61 Å². The minimum absolute atomic E-state index is 0.454. The molecule has 1 aromatic carbocycles. The van der Waals surface area contributed by atoms with E-state index in [1.54, 1.807) is 6.20 Å². The summed E-state index contributed by atoms with van der Waals surface area (Å²) >= 11 is 0. The lowest BCUT2D eigenvalue weighted by molar-refractivity contribution is 0.305. The Labute approximate surface area is 134 Å². The third-order valence-corrected chi connectivity index (χ3v) is 3.15. The molecule has 118 valence electrons. The third-order valence-electron chi connectivity index (χ3n) is 3.15. The summed E-state index contributed by atoms with van der Waals surface area (Å²) in [6.45, 7) is 3.30. The van der Waals surface area contributed by atoms with Crippen molar-refractivity contribution in [3.8, 4) is 17.3 Å². The van der Waals surface area contributed by atoms with Crippen molar-refractivity contribution in [3.63, 3.8) is 0 Å². The highest BCUT2D eigenvalue weighted by Gasteiger charge is 2.07. The third kappa shape index (κ3) is 4.06. The van der Waals surface area contributed by atoms with Crippen molar-refractivity contribution in [2.24, 2.45) is 0 Å².